The molecule has 0 aliphatic rings. The number of aromatic nitrogens is 5. The van der Waals surface area contributed by atoms with Crippen molar-refractivity contribution < 1.29 is 18.1 Å². The average Bonchev–Trinajstić information content (AvgIpc) is 3.48. The van der Waals surface area contributed by atoms with E-state index in [9.17, 15) is 13.6 Å². The summed E-state index contributed by atoms with van der Waals surface area (Å²) >= 11 is 0. The number of hydrogen-bond donors (Lipinski definition) is 2. The van der Waals surface area contributed by atoms with E-state index in [0.29, 0.717) is 39.8 Å². The van der Waals surface area contributed by atoms with Crippen LogP contribution in [0.4, 0.5) is 20.3 Å². The molecule has 0 bridgehead atoms. The van der Waals surface area contributed by atoms with Crippen molar-refractivity contribution in [1.82, 2.24) is 25.1 Å². The second-order valence-electron chi connectivity index (χ2n) is 9.06. The van der Waals surface area contributed by atoms with Gasteiger partial charge in [-0.1, -0.05) is 37.2 Å². The molecule has 4 rings (SSSR count). The number of alkyl halides is 2. The molecule has 3 aromatic heterocycles. The number of halogens is 2. The van der Waals surface area contributed by atoms with Crippen molar-refractivity contribution in [2.75, 3.05) is 17.2 Å². The molecule has 0 fully saturated rings. The predicted octanol–water partition coefficient (Wildman–Crippen LogP) is 4.85. The summed E-state index contributed by atoms with van der Waals surface area (Å²) in [5, 5.41) is 17.7. The van der Waals surface area contributed by atoms with E-state index in [0.717, 1.165) is 5.56 Å². The Morgan fingerprint density at radius 2 is 1.97 bits per heavy atom. The summed E-state index contributed by atoms with van der Waals surface area (Å²) in [6.45, 7) is 7.39. The molecule has 0 aliphatic carbocycles. The molecule has 9 nitrogen and oxygen atoms in total. The average molecular weight is 482 g/mol. The first-order chi connectivity index (χ1) is 16.6. The third-order valence-electron chi connectivity index (χ3n) is 5.20. The highest BCUT2D eigenvalue weighted by Crippen LogP contribution is 2.25. The van der Waals surface area contributed by atoms with Crippen molar-refractivity contribution in [3.8, 4) is 16.9 Å². The van der Waals surface area contributed by atoms with Gasteiger partial charge >= 0.3 is 0 Å². The number of nitrogens with zero attached hydrogens (tertiary/aromatic N) is 5. The van der Waals surface area contributed by atoms with Gasteiger partial charge in [0.05, 0.1) is 24.1 Å². The standard InChI is InChI=1S/C24H25F2N7O2/c1-14-5-6-15(23(34)29-22-9-20(35-31-22)24(2,3)4)8-19(14)33-13-18(30-32-33)16-7-17(11-27-10-16)28-12-21(25)26/h5-11,13,21,28H,12H2,1-4H3,(H,29,31,34). The lowest BCUT2D eigenvalue weighted by atomic mass is 9.93. The zero-order valence-corrected chi connectivity index (χ0v) is 19.7. The summed E-state index contributed by atoms with van der Waals surface area (Å²) in [5.41, 5.74) is 3.28. The zero-order valence-electron chi connectivity index (χ0n) is 19.7. The number of hydrogen-bond acceptors (Lipinski definition) is 7. The van der Waals surface area contributed by atoms with Crippen LogP contribution in [-0.4, -0.2) is 44.0 Å². The summed E-state index contributed by atoms with van der Waals surface area (Å²) in [6.07, 6.45) is 2.24. The second kappa shape index (κ2) is 9.61. The van der Waals surface area contributed by atoms with Crippen molar-refractivity contribution >= 4 is 17.4 Å². The number of benzene rings is 1. The molecule has 182 valence electrons. The van der Waals surface area contributed by atoms with Gasteiger partial charge in [0.1, 0.15) is 11.5 Å². The van der Waals surface area contributed by atoms with E-state index >= 15 is 0 Å². The fraction of sp³-hybridized carbons (Fsp3) is 0.292. The number of pyridine rings is 1. The van der Waals surface area contributed by atoms with Crippen molar-refractivity contribution in [2.45, 2.75) is 39.5 Å². The highest BCUT2D eigenvalue weighted by Gasteiger charge is 2.21. The SMILES string of the molecule is Cc1ccc(C(=O)Nc2cc(C(C)(C)C)on2)cc1-n1cc(-c2cncc(NCC(F)F)c2)nn1. The third-order valence-corrected chi connectivity index (χ3v) is 5.20. The van der Waals surface area contributed by atoms with E-state index in [2.05, 4.69) is 31.1 Å². The van der Waals surface area contributed by atoms with Crippen molar-refractivity contribution in [3.63, 3.8) is 0 Å². The Balaban J connectivity index is 1.54. The molecule has 2 N–H and O–H groups in total. The minimum absolute atomic E-state index is 0.230. The van der Waals surface area contributed by atoms with E-state index in [1.165, 1.54) is 6.20 Å². The Hall–Kier alpha value is -4.15. The number of aryl methyl sites for hydroxylation is 1. The topological polar surface area (TPSA) is 111 Å². The smallest absolute Gasteiger partial charge is 0.256 e. The fourth-order valence-electron chi connectivity index (χ4n) is 3.26. The number of carbonyl (C=O) groups excluding carboxylic acids is 1. The van der Waals surface area contributed by atoms with Crippen LogP contribution in [0.1, 0.15) is 42.5 Å². The van der Waals surface area contributed by atoms with Gasteiger partial charge in [-0.25, -0.2) is 13.5 Å². The number of nitrogens with one attached hydrogen (secondary N) is 2. The summed E-state index contributed by atoms with van der Waals surface area (Å²) in [6, 6.07) is 8.59. The Bertz CT molecular complexity index is 1340. The van der Waals surface area contributed by atoms with E-state index in [4.69, 9.17) is 4.52 Å². The van der Waals surface area contributed by atoms with Gasteiger partial charge < -0.3 is 15.2 Å². The molecule has 4 aromatic rings. The fourth-order valence-corrected chi connectivity index (χ4v) is 3.26. The Kier molecular flexibility index (Phi) is 6.59. The molecule has 0 atom stereocenters. The molecule has 0 saturated heterocycles. The molecule has 3 heterocycles. The molecule has 11 heteroatoms. The molecule has 0 radical (unpaired) electrons. The largest absolute Gasteiger partial charge is 0.378 e. The lowest BCUT2D eigenvalue weighted by Gasteiger charge is -2.12. The first-order valence-electron chi connectivity index (χ1n) is 10.9. The Morgan fingerprint density at radius 1 is 1.17 bits per heavy atom. The summed E-state index contributed by atoms with van der Waals surface area (Å²) < 4.78 is 31.8. The molecule has 35 heavy (non-hydrogen) atoms. The molecular weight excluding hydrogens is 456 g/mol. The van der Waals surface area contributed by atoms with E-state index < -0.39 is 13.0 Å². The maximum atomic E-state index is 12.8. The number of anilines is 2. The minimum Gasteiger partial charge on any atom is -0.378 e. The molecule has 1 amide bonds. The lowest BCUT2D eigenvalue weighted by Crippen LogP contribution is -2.13. The van der Waals surface area contributed by atoms with Crippen LogP contribution < -0.4 is 10.6 Å². The van der Waals surface area contributed by atoms with Gasteiger partial charge in [-0.15, -0.1) is 5.10 Å². The number of amides is 1. The lowest BCUT2D eigenvalue weighted by molar-refractivity contribution is 0.102. The van der Waals surface area contributed by atoms with Crippen LogP contribution in [0.2, 0.25) is 0 Å². The first-order valence-corrected chi connectivity index (χ1v) is 10.9. The van der Waals surface area contributed by atoms with Gasteiger partial charge in [-0.05, 0) is 30.7 Å². The monoisotopic (exact) mass is 481 g/mol. The van der Waals surface area contributed by atoms with Crippen LogP contribution in [0.3, 0.4) is 0 Å². The normalized spacial score (nSPS) is 11.6. The molecular formula is C24H25F2N7O2. The van der Waals surface area contributed by atoms with Gasteiger partial charge in [0, 0.05) is 35.0 Å². The van der Waals surface area contributed by atoms with Gasteiger partial charge in [-0.3, -0.25) is 9.78 Å². The maximum absolute atomic E-state index is 12.8. The third kappa shape index (κ3) is 5.68. The van der Waals surface area contributed by atoms with Crippen LogP contribution in [-0.2, 0) is 5.41 Å². The van der Waals surface area contributed by atoms with Crippen molar-refractivity contribution in [3.05, 3.63) is 65.8 Å². The second-order valence-corrected chi connectivity index (χ2v) is 9.06. The zero-order chi connectivity index (χ0) is 25.2. The summed E-state index contributed by atoms with van der Waals surface area (Å²) in [5.74, 6) is 0.649. The van der Waals surface area contributed by atoms with Gasteiger partial charge in [0.25, 0.3) is 12.3 Å². The van der Waals surface area contributed by atoms with Gasteiger partial charge in [0.15, 0.2) is 5.82 Å². The molecule has 1 aromatic carbocycles. The van der Waals surface area contributed by atoms with E-state index in [1.807, 2.05) is 33.8 Å². The van der Waals surface area contributed by atoms with Crippen molar-refractivity contribution in [1.29, 1.82) is 0 Å². The van der Waals surface area contributed by atoms with Crippen molar-refractivity contribution in [2.24, 2.45) is 0 Å². The maximum Gasteiger partial charge on any atom is 0.256 e. The molecule has 0 saturated carbocycles. The summed E-state index contributed by atoms with van der Waals surface area (Å²) in [4.78, 5) is 16.9. The van der Waals surface area contributed by atoms with Crippen LogP contribution in [0.15, 0.2) is 53.4 Å². The number of rotatable bonds is 7. The molecule has 0 aliphatic heterocycles. The molecule has 0 spiro atoms. The summed E-state index contributed by atoms with van der Waals surface area (Å²) in [7, 11) is 0. The van der Waals surface area contributed by atoms with Gasteiger partial charge in [-0.2, -0.15) is 0 Å². The minimum atomic E-state index is -2.48. The highest BCUT2D eigenvalue weighted by molar-refractivity contribution is 6.04. The van der Waals surface area contributed by atoms with Crippen LogP contribution in [0.25, 0.3) is 16.9 Å². The van der Waals surface area contributed by atoms with Crippen LogP contribution in [0.5, 0.6) is 0 Å². The Labute approximate surface area is 200 Å². The van der Waals surface area contributed by atoms with Crippen LogP contribution in [0, 0.1) is 6.92 Å². The molecule has 0 unspecified atom stereocenters. The van der Waals surface area contributed by atoms with Crippen LogP contribution >= 0.6 is 0 Å². The Morgan fingerprint density at radius 3 is 2.69 bits per heavy atom. The quantitative estimate of drug-likeness (QED) is 0.388. The highest BCUT2D eigenvalue weighted by atomic mass is 19.3. The first kappa shape index (κ1) is 24.0. The van der Waals surface area contributed by atoms with E-state index in [-0.39, 0.29) is 11.3 Å². The number of carbonyl (C=O) groups is 1. The van der Waals surface area contributed by atoms with E-state index in [1.54, 1.807) is 41.3 Å². The van der Waals surface area contributed by atoms with Gasteiger partial charge in [0.2, 0.25) is 0 Å². The predicted molar refractivity (Wildman–Crippen MR) is 127 cm³/mol.